The molecule has 6 nitrogen and oxygen atoms in total. The van der Waals surface area contributed by atoms with E-state index in [9.17, 15) is 4.79 Å². The van der Waals surface area contributed by atoms with Gasteiger partial charge in [0, 0.05) is 5.56 Å². The average molecular weight is 509 g/mol. The first-order valence-electron chi connectivity index (χ1n) is 10.4. The van der Waals surface area contributed by atoms with Gasteiger partial charge < -0.3 is 14.2 Å². The van der Waals surface area contributed by atoms with Crippen LogP contribution in [0.3, 0.4) is 0 Å². The summed E-state index contributed by atoms with van der Waals surface area (Å²) in [4.78, 5) is 12.5. The fourth-order valence-corrected chi connectivity index (χ4v) is 3.38. The minimum atomic E-state index is -0.357. The molecule has 0 aliphatic heterocycles. The average Bonchev–Trinajstić information content (AvgIpc) is 2.83. The van der Waals surface area contributed by atoms with E-state index in [2.05, 4.69) is 33.0 Å². The SMILES string of the molecule is C=CCOc1ccc(C(=O)N/N=C/c2ccc(OCc3ccccc3)c(Br)c2)cc1OCC. The van der Waals surface area contributed by atoms with Crippen molar-refractivity contribution in [3.8, 4) is 17.2 Å². The highest BCUT2D eigenvalue weighted by molar-refractivity contribution is 9.10. The van der Waals surface area contributed by atoms with Crippen LogP contribution in [-0.4, -0.2) is 25.3 Å². The van der Waals surface area contributed by atoms with Gasteiger partial charge in [-0.2, -0.15) is 5.10 Å². The van der Waals surface area contributed by atoms with E-state index in [1.165, 1.54) is 0 Å². The number of benzene rings is 3. The molecule has 0 heterocycles. The molecular formula is C26H25BrN2O4. The molecule has 0 unspecified atom stereocenters. The first kappa shape index (κ1) is 24.1. The third kappa shape index (κ3) is 7.22. The predicted octanol–water partition coefficient (Wildman–Crippen LogP) is 5.76. The summed E-state index contributed by atoms with van der Waals surface area (Å²) >= 11 is 3.52. The van der Waals surface area contributed by atoms with Crippen molar-refractivity contribution in [1.29, 1.82) is 0 Å². The van der Waals surface area contributed by atoms with Crippen molar-refractivity contribution < 1.29 is 19.0 Å². The molecule has 0 fully saturated rings. The fourth-order valence-electron chi connectivity index (χ4n) is 2.87. The molecule has 0 saturated carbocycles. The molecule has 0 saturated heterocycles. The molecule has 3 rings (SSSR count). The molecule has 1 amide bonds. The smallest absolute Gasteiger partial charge is 0.271 e. The number of nitrogens with zero attached hydrogens (tertiary/aromatic N) is 1. The summed E-state index contributed by atoms with van der Waals surface area (Å²) in [5, 5.41) is 4.06. The molecule has 7 heteroatoms. The quantitative estimate of drug-likeness (QED) is 0.203. The van der Waals surface area contributed by atoms with E-state index in [1.807, 2.05) is 55.5 Å². The number of hydrogen-bond acceptors (Lipinski definition) is 5. The van der Waals surface area contributed by atoms with Crippen LogP contribution in [0.2, 0.25) is 0 Å². The van der Waals surface area contributed by atoms with Crippen molar-refractivity contribution in [1.82, 2.24) is 5.43 Å². The van der Waals surface area contributed by atoms with Crippen LogP contribution >= 0.6 is 15.9 Å². The summed E-state index contributed by atoms with van der Waals surface area (Å²) in [6, 6.07) is 20.5. The van der Waals surface area contributed by atoms with Crippen molar-refractivity contribution in [2.24, 2.45) is 5.10 Å². The van der Waals surface area contributed by atoms with Crippen molar-refractivity contribution >= 4 is 28.1 Å². The molecule has 0 aliphatic rings. The fraction of sp³-hybridized carbons (Fsp3) is 0.154. The second-order valence-corrected chi connectivity index (χ2v) is 7.71. The van der Waals surface area contributed by atoms with Gasteiger partial charge in [0.15, 0.2) is 11.5 Å². The van der Waals surface area contributed by atoms with Crippen molar-refractivity contribution in [3.05, 3.63) is 101 Å². The number of carbonyl (C=O) groups is 1. The molecule has 33 heavy (non-hydrogen) atoms. The number of hydrazone groups is 1. The number of halogens is 1. The zero-order valence-electron chi connectivity index (χ0n) is 18.3. The second-order valence-electron chi connectivity index (χ2n) is 6.86. The lowest BCUT2D eigenvalue weighted by Gasteiger charge is -2.12. The largest absolute Gasteiger partial charge is 0.490 e. The summed E-state index contributed by atoms with van der Waals surface area (Å²) in [5.41, 5.74) is 4.83. The lowest BCUT2D eigenvalue weighted by atomic mass is 10.2. The van der Waals surface area contributed by atoms with Crippen molar-refractivity contribution in [2.75, 3.05) is 13.2 Å². The highest BCUT2D eigenvalue weighted by atomic mass is 79.9. The van der Waals surface area contributed by atoms with E-state index in [1.54, 1.807) is 30.5 Å². The number of hydrogen-bond donors (Lipinski definition) is 1. The van der Waals surface area contributed by atoms with Gasteiger partial charge in [0.1, 0.15) is 19.0 Å². The standard InChI is InChI=1S/C26H25BrN2O4/c1-3-14-32-24-13-11-21(16-25(24)31-4-2)26(30)29-28-17-20-10-12-23(22(27)15-20)33-18-19-8-6-5-7-9-19/h3,5-13,15-17H,1,4,14,18H2,2H3,(H,29,30)/b28-17+. The molecule has 3 aromatic carbocycles. The molecule has 0 atom stereocenters. The Labute approximate surface area is 202 Å². The van der Waals surface area contributed by atoms with E-state index >= 15 is 0 Å². The zero-order chi connectivity index (χ0) is 23.5. The zero-order valence-corrected chi connectivity index (χ0v) is 19.9. The Morgan fingerprint density at radius 2 is 1.79 bits per heavy atom. The Morgan fingerprint density at radius 1 is 1.00 bits per heavy atom. The maximum atomic E-state index is 12.5. The van der Waals surface area contributed by atoms with Crippen LogP contribution in [0.4, 0.5) is 0 Å². The van der Waals surface area contributed by atoms with Gasteiger partial charge in [-0.05, 0) is 70.4 Å². The molecular weight excluding hydrogens is 484 g/mol. The summed E-state index contributed by atoms with van der Waals surface area (Å²) in [7, 11) is 0. The Hall–Kier alpha value is -3.58. The van der Waals surface area contributed by atoms with Gasteiger partial charge in [-0.15, -0.1) is 0 Å². The number of ether oxygens (including phenoxy) is 3. The van der Waals surface area contributed by atoms with Crippen LogP contribution in [0.1, 0.15) is 28.4 Å². The van der Waals surface area contributed by atoms with E-state index < -0.39 is 0 Å². The highest BCUT2D eigenvalue weighted by Gasteiger charge is 2.11. The minimum Gasteiger partial charge on any atom is -0.490 e. The normalized spacial score (nSPS) is 10.6. The molecule has 170 valence electrons. The Kier molecular flexibility index (Phi) is 9.08. The summed E-state index contributed by atoms with van der Waals surface area (Å²) in [6.07, 6.45) is 3.21. The van der Waals surface area contributed by atoms with Crippen molar-refractivity contribution in [2.45, 2.75) is 13.5 Å². The summed E-state index contributed by atoms with van der Waals surface area (Å²) in [6.45, 7) is 6.77. The van der Waals surface area contributed by atoms with Crippen LogP contribution in [0.5, 0.6) is 17.2 Å². The Balaban J connectivity index is 1.60. The molecule has 0 spiro atoms. The van der Waals surface area contributed by atoms with Crippen LogP contribution in [0, 0.1) is 0 Å². The number of carbonyl (C=O) groups excluding carboxylic acids is 1. The number of rotatable bonds is 11. The van der Waals surface area contributed by atoms with E-state index in [0.29, 0.717) is 36.9 Å². The van der Waals surface area contributed by atoms with E-state index in [4.69, 9.17) is 14.2 Å². The summed E-state index contributed by atoms with van der Waals surface area (Å²) < 4.78 is 17.8. The Bertz CT molecular complexity index is 1120. The van der Waals surface area contributed by atoms with Crippen LogP contribution in [-0.2, 0) is 6.61 Å². The van der Waals surface area contributed by atoms with Crippen LogP contribution in [0.25, 0.3) is 0 Å². The monoisotopic (exact) mass is 508 g/mol. The maximum absolute atomic E-state index is 12.5. The third-order valence-corrected chi connectivity index (χ3v) is 5.05. The molecule has 0 radical (unpaired) electrons. The third-order valence-electron chi connectivity index (χ3n) is 4.44. The minimum absolute atomic E-state index is 0.349. The van der Waals surface area contributed by atoms with Crippen LogP contribution < -0.4 is 19.6 Å². The van der Waals surface area contributed by atoms with Gasteiger partial charge in [0.2, 0.25) is 0 Å². The maximum Gasteiger partial charge on any atom is 0.271 e. The number of nitrogens with one attached hydrogen (secondary N) is 1. The van der Waals surface area contributed by atoms with E-state index in [-0.39, 0.29) is 5.91 Å². The summed E-state index contributed by atoms with van der Waals surface area (Å²) in [5.74, 6) is 1.41. The molecule has 0 bridgehead atoms. The van der Waals surface area contributed by atoms with E-state index in [0.717, 1.165) is 21.3 Å². The molecule has 0 aliphatic carbocycles. The lowest BCUT2D eigenvalue weighted by Crippen LogP contribution is -2.17. The Morgan fingerprint density at radius 3 is 2.52 bits per heavy atom. The van der Waals surface area contributed by atoms with Gasteiger partial charge in [-0.1, -0.05) is 43.0 Å². The highest BCUT2D eigenvalue weighted by Crippen LogP contribution is 2.29. The molecule has 0 aromatic heterocycles. The van der Waals surface area contributed by atoms with Gasteiger partial charge in [0.25, 0.3) is 5.91 Å². The topological polar surface area (TPSA) is 69.2 Å². The predicted molar refractivity (Wildman–Crippen MR) is 133 cm³/mol. The first-order valence-corrected chi connectivity index (χ1v) is 11.2. The van der Waals surface area contributed by atoms with Gasteiger partial charge in [-0.25, -0.2) is 5.43 Å². The number of amides is 1. The van der Waals surface area contributed by atoms with Gasteiger partial charge in [-0.3, -0.25) is 4.79 Å². The van der Waals surface area contributed by atoms with Crippen molar-refractivity contribution in [3.63, 3.8) is 0 Å². The second kappa shape index (κ2) is 12.5. The van der Waals surface area contributed by atoms with Gasteiger partial charge >= 0.3 is 0 Å². The van der Waals surface area contributed by atoms with Crippen LogP contribution in [0.15, 0.2) is 89.0 Å². The first-order chi connectivity index (χ1) is 16.1. The molecule has 1 N–H and O–H groups in total. The van der Waals surface area contributed by atoms with Gasteiger partial charge in [0.05, 0.1) is 17.3 Å². The lowest BCUT2D eigenvalue weighted by molar-refractivity contribution is 0.0954. The molecule has 3 aromatic rings.